The molecule has 5 N–H and O–H groups in total. The highest BCUT2D eigenvalue weighted by molar-refractivity contribution is 5.91. The minimum atomic E-state index is -4.41. The number of halogens is 3. The standard InChI is InChI=1S/C16H19F3N2O4/c17-16(18,19)10-4-1-9(2-5-10)3-6-13(23)20-7-11-14(24)15(25)12(8-22)21-11/h1-6,11-12,14-15,21-22,24-25H,7-8H2,(H,20,23)/b6-3+/t11-,12+,14+,15-/m0/s1. The van der Waals surface area contributed by atoms with E-state index in [0.29, 0.717) is 5.56 Å². The quantitative estimate of drug-likeness (QED) is 0.472. The van der Waals surface area contributed by atoms with Gasteiger partial charge in [-0.3, -0.25) is 4.79 Å². The van der Waals surface area contributed by atoms with Crippen LogP contribution in [0.3, 0.4) is 0 Å². The van der Waals surface area contributed by atoms with Gasteiger partial charge < -0.3 is 26.0 Å². The van der Waals surface area contributed by atoms with E-state index in [4.69, 9.17) is 5.11 Å². The monoisotopic (exact) mass is 360 g/mol. The van der Waals surface area contributed by atoms with Crippen LogP contribution >= 0.6 is 0 Å². The second-order valence-electron chi connectivity index (χ2n) is 5.74. The van der Waals surface area contributed by atoms with Crippen LogP contribution in [0.2, 0.25) is 0 Å². The Morgan fingerprint density at radius 1 is 1.16 bits per heavy atom. The number of aliphatic hydroxyl groups excluding tert-OH is 3. The number of carbonyl (C=O) groups is 1. The Labute approximate surface area is 142 Å². The lowest BCUT2D eigenvalue weighted by molar-refractivity contribution is -0.137. The maximum Gasteiger partial charge on any atom is 0.416 e. The Morgan fingerprint density at radius 3 is 2.28 bits per heavy atom. The summed E-state index contributed by atoms with van der Waals surface area (Å²) in [6, 6.07) is 3.06. The molecule has 1 heterocycles. The molecular formula is C16H19F3N2O4. The van der Waals surface area contributed by atoms with Gasteiger partial charge in [0, 0.05) is 12.6 Å². The minimum absolute atomic E-state index is 0.0188. The van der Waals surface area contributed by atoms with E-state index >= 15 is 0 Å². The van der Waals surface area contributed by atoms with E-state index in [2.05, 4.69) is 10.6 Å². The number of nitrogens with one attached hydrogen (secondary N) is 2. The summed E-state index contributed by atoms with van der Waals surface area (Å²) in [6.45, 7) is -0.332. The van der Waals surface area contributed by atoms with E-state index in [9.17, 15) is 28.2 Å². The molecule has 1 aliphatic heterocycles. The third-order valence-corrected chi connectivity index (χ3v) is 3.96. The molecule has 6 nitrogen and oxygen atoms in total. The van der Waals surface area contributed by atoms with Crippen LogP contribution in [0.1, 0.15) is 11.1 Å². The van der Waals surface area contributed by atoms with Gasteiger partial charge in [0.15, 0.2) is 0 Å². The molecular weight excluding hydrogens is 341 g/mol. The number of aliphatic hydroxyl groups is 3. The highest BCUT2D eigenvalue weighted by Crippen LogP contribution is 2.29. The molecule has 0 spiro atoms. The van der Waals surface area contributed by atoms with Gasteiger partial charge in [-0.15, -0.1) is 0 Å². The zero-order valence-corrected chi connectivity index (χ0v) is 13.1. The average Bonchev–Trinajstić information content (AvgIpc) is 2.85. The van der Waals surface area contributed by atoms with Crippen LogP contribution < -0.4 is 10.6 Å². The zero-order chi connectivity index (χ0) is 18.6. The van der Waals surface area contributed by atoms with Gasteiger partial charge >= 0.3 is 6.18 Å². The summed E-state index contributed by atoms with van der Waals surface area (Å²) in [5.74, 6) is -0.504. The first-order chi connectivity index (χ1) is 11.7. The van der Waals surface area contributed by atoms with Crippen molar-refractivity contribution in [2.75, 3.05) is 13.2 Å². The van der Waals surface area contributed by atoms with Gasteiger partial charge in [0.1, 0.15) is 0 Å². The summed E-state index contributed by atoms with van der Waals surface area (Å²) >= 11 is 0. The van der Waals surface area contributed by atoms with Crippen molar-refractivity contribution in [2.45, 2.75) is 30.5 Å². The molecule has 4 atom stereocenters. The third kappa shape index (κ3) is 5.02. The highest BCUT2D eigenvalue weighted by atomic mass is 19.4. The number of hydrogen-bond donors (Lipinski definition) is 5. The number of carbonyl (C=O) groups excluding carboxylic acids is 1. The molecule has 0 aromatic heterocycles. The Bertz CT molecular complexity index is 619. The molecule has 9 heteroatoms. The maximum atomic E-state index is 12.5. The van der Waals surface area contributed by atoms with Crippen molar-refractivity contribution >= 4 is 12.0 Å². The van der Waals surface area contributed by atoms with Crippen molar-refractivity contribution in [3.63, 3.8) is 0 Å². The second-order valence-corrected chi connectivity index (χ2v) is 5.74. The van der Waals surface area contributed by atoms with Gasteiger partial charge in [-0.05, 0) is 23.8 Å². The van der Waals surface area contributed by atoms with Crippen LogP contribution in [0.4, 0.5) is 13.2 Å². The molecule has 1 fully saturated rings. The summed E-state index contributed by atoms with van der Waals surface area (Å²) in [7, 11) is 0. The van der Waals surface area contributed by atoms with Gasteiger partial charge in [0.25, 0.3) is 0 Å². The molecule has 1 aromatic rings. The van der Waals surface area contributed by atoms with Gasteiger partial charge in [-0.2, -0.15) is 13.2 Å². The number of amides is 1. The largest absolute Gasteiger partial charge is 0.416 e. The Kier molecular flexibility index (Phi) is 6.17. The maximum absolute atomic E-state index is 12.5. The predicted octanol–water partition coefficient (Wildman–Crippen LogP) is -0.111. The first-order valence-corrected chi connectivity index (χ1v) is 7.58. The molecule has 1 saturated heterocycles. The highest BCUT2D eigenvalue weighted by Gasteiger charge is 2.40. The average molecular weight is 360 g/mol. The molecule has 1 amide bonds. The van der Waals surface area contributed by atoms with Gasteiger partial charge in [-0.25, -0.2) is 0 Å². The molecule has 138 valence electrons. The van der Waals surface area contributed by atoms with Crippen LogP contribution in [-0.2, 0) is 11.0 Å². The predicted molar refractivity (Wildman–Crippen MR) is 83.3 cm³/mol. The van der Waals surface area contributed by atoms with E-state index < -0.39 is 41.9 Å². The van der Waals surface area contributed by atoms with Crippen molar-refractivity contribution < 1.29 is 33.3 Å². The van der Waals surface area contributed by atoms with Crippen molar-refractivity contribution in [1.82, 2.24) is 10.6 Å². The van der Waals surface area contributed by atoms with Crippen molar-refractivity contribution in [3.05, 3.63) is 41.5 Å². The number of benzene rings is 1. The van der Waals surface area contributed by atoms with Crippen LogP contribution in [0.25, 0.3) is 6.08 Å². The van der Waals surface area contributed by atoms with Crippen LogP contribution in [-0.4, -0.2) is 58.7 Å². The van der Waals surface area contributed by atoms with Gasteiger partial charge in [0.05, 0.1) is 36.5 Å². The van der Waals surface area contributed by atoms with Crippen LogP contribution in [0.5, 0.6) is 0 Å². The molecule has 25 heavy (non-hydrogen) atoms. The van der Waals surface area contributed by atoms with Gasteiger partial charge in [-0.1, -0.05) is 12.1 Å². The summed E-state index contributed by atoms with van der Waals surface area (Å²) in [4.78, 5) is 11.7. The lowest BCUT2D eigenvalue weighted by Crippen LogP contribution is -2.43. The lowest BCUT2D eigenvalue weighted by atomic mass is 10.1. The van der Waals surface area contributed by atoms with E-state index in [1.54, 1.807) is 0 Å². The first-order valence-electron chi connectivity index (χ1n) is 7.58. The summed E-state index contributed by atoms with van der Waals surface area (Å²) in [5, 5.41) is 33.8. The fourth-order valence-corrected chi connectivity index (χ4v) is 2.51. The Morgan fingerprint density at radius 2 is 1.76 bits per heavy atom. The Balaban J connectivity index is 1.85. The van der Waals surface area contributed by atoms with Crippen LogP contribution in [0, 0.1) is 0 Å². The molecule has 0 radical (unpaired) electrons. The molecule has 0 unspecified atom stereocenters. The molecule has 1 aromatic carbocycles. The SMILES string of the molecule is O=C(/C=C/c1ccc(C(F)(F)F)cc1)NC[C@@H]1N[C@H](CO)[C@H](O)[C@@H]1O. The topological polar surface area (TPSA) is 102 Å². The van der Waals surface area contributed by atoms with Crippen molar-refractivity contribution in [3.8, 4) is 0 Å². The fraction of sp³-hybridized carbons (Fsp3) is 0.438. The summed E-state index contributed by atoms with van der Waals surface area (Å²) < 4.78 is 37.4. The number of hydrogen-bond acceptors (Lipinski definition) is 5. The molecule has 0 aliphatic carbocycles. The molecule has 0 saturated carbocycles. The molecule has 0 bridgehead atoms. The molecule has 2 rings (SSSR count). The van der Waals surface area contributed by atoms with E-state index in [1.165, 1.54) is 18.2 Å². The minimum Gasteiger partial charge on any atom is -0.395 e. The summed E-state index contributed by atoms with van der Waals surface area (Å²) in [6.07, 6.45) is -4.15. The first kappa shape index (κ1) is 19.4. The molecule has 1 aliphatic rings. The van der Waals surface area contributed by atoms with E-state index in [-0.39, 0.29) is 13.2 Å². The smallest absolute Gasteiger partial charge is 0.395 e. The zero-order valence-electron chi connectivity index (χ0n) is 13.1. The summed E-state index contributed by atoms with van der Waals surface area (Å²) in [5.41, 5.74) is -0.342. The van der Waals surface area contributed by atoms with Gasteiger partial charge in [0.2, 0.25) is 5.91 Å². The third-order valence-electron chi connectivity index (χ3n) is 3.96. The van der Waals surface area contributed by atoms with E-state index in [0.717, 1.165) is 18.2 Å². The number of rotatable bonds is 5. The fourth-order valence-electron chi connectivity index (χ4n) is 2.51. The normalized spacial score (nSPS) is 27.0. The van der Waals surface area contributed by atoms with Crippen molar-refractivity contribution in [1.29, 1.82) is 0 Å². The Hall–Kier alpha value is -1.94. The second kappa shape index (κ2) is 7.96. The van der Waals surface area contributed by atoms with Crippen molar-refractivity contribution in [2.24, 2.45) is 0 Å². The number of alkyl halides is 3. The lowest BCUT2D eigenvalue weighted by Gasteiger charge is -2.15. The van der Waals surface area contributed by atoms with E-state index in [1.807, 2.05) is 0 Å². The van der Waals surface area contributed by atoms with Crippen LogP contribution in [0.15, 0.2) is 30.3 Å².